The van der Waals surface area contributed by atoms with E-state index < -0.39 is 23.1 Å². The van der Waals surface area contributed by atoms with E-state index in [4.69, 9.17) is 10.5 Å². The maximum Gasteiger partial charge on any atom is 0.412 e. The molecular formula is C16H23FN2O2. The van der Waals surface area contributed by atoms with Crippen molar-refractivity contribution >= 4 is 11.8 Å². The summed E-state index contributed by atoms with van der Waals surface area (Å²) < 4.78 is 19.0. The van der Waals surface area contributed by atoms with Gasteiger partial charge >= 0.3 is 6.09 Å². The SMILES string of the molecule is CC(C)(C)OC(=O)Nc1cc(C2(N)CCCC2)ccc1F. The Kier molecular flexibility index (Phi) is 4.23. The number of nitrogens with two attached hydrogens (primary N) is 1. The van der Waals surface area contributed by atoms with E-state index >= 15 is 0 Å². The van der Waals surface area contributed by atoms with Crippen LogP contribution < -0.4 is 11.1 Å². The molecule has 0 bridgehead atoms. The Balaban J connectivity index is 2.18. The van der Waals surface area contributed by atoms with E-state index in [1.807, 2.05) is 0 Å². The Hall–Kier alpha value is -1.62. The number of benzene rings is 1. The number of halogens is 1. The lowest BCUT2D eigenvalue weighted by atomic mass is 9.89. The van der Waals surface area contributed by atoms with E-state index in [2.05, 4.69) is 5.32 Å². The molecule has 0 aliphatic heterocycles. The molecular weight excluding hydrogens is 271 g/mol. The van der Waals surface area contributed by atoms with Crippen molar-refractivity contribution in [1.29, 1.82) is 0 Å². The van der Waals surface area contributed by atoms with E-state index in [1.54, 1.807) is 32.9 Å². The van der Waals surface area contributed by atoms with Crippen molar-refractivity contribution in [2.75, 3.05) is 5.32 Å². The van der Waals surface area contributed by atoms with Gasteiger partial charge in [-0.05, 0) is 51.3 Å². The van der Waals surface area contributed by atoms with Crippen LogP contribution in [0.25, 0.3) is 0 Å². The summed E-state index contributed by atoms with van der Waals surface area (Å²) in [7, 11) is 0. The Morgan fingerprint density at radius 1 is 1.33 bits per heavy atom. The summed E-state index contributed by atoms with van der Waals surface area (Å²) in [6.07, 6.45) is 3.23. The summed E-state index contributed by atoms with van der Waals surface area (Å²) in [6.45, 7) is 5.27. The first kappa shape index (κ1) is 15.8. The monoisotopic (exact) mass is 294 g/mol. The Morgan fingerprint density at radius 2 is 1.95 bits per heavy atom. The molecule has 0 heterocycles. The van der Waals surface area contributed by atoms with Gasteiger partial charge in [-0.3, -0.25) is 5.32 Å². The molecule has 3 N–H and O–H groups in total. The number of ether oxygens (including phenoxy) is 1. The standard InChI is InChI=1S/C16H23FN2O2/c1-15(2,3)21-14(20)19-13-10-11(6-7-12(13)17)16(18)8-4-5-9-16/h6-7,10H,4-5,8-9,18H2,1-3H3,(H,19,20). The second-order valence-electron chi connectivity index (χ2n) is 6.68. The van der Waals surface area contributed by atoms with Crippen molar-refractivity contribution in [2.45, 2.75) is 57.6 Å². The highest BCUT2D eigenvalue weighted by molar-refractivity contribution is 5.85. The van der Waals surface area contributed by atoms with Crippen molar-refractivity contribution < 1.29 is 13.9 Å². The molecule has 1 aliphatic carbocycles. The molecule has 1 aliphatic rings. The maximum absolute atomic E-state index is 13.9. The number of nitrogens with one attached hydrogen (secondary N) is 1. The summed E-state index contributed by atoms with van der Waals surface area (Å²) in [5, 5.41) is 2.46. The van der Waals surface area contributed by atoms with Crippen LogP contribution in [0, 0.1) is 5.82 Å². The minimum atomic E-state index is -0.670. The van der Waals surface area contributed by atoms with Gasteiger partial charge in [0.2, 0.25) is 0 Å². The second-order valence-corrected chi connectivity index (χ2v) is 6.68. The predicted molar refractivity (Wildman–Crippen MR) is 80.6 cm³/mol. The smallest absolute Gasteiger partial charge is 0.412 e. The predicted octanol–water partition coefficient (Wildman–Crippen LogP) is 3.90. The van der Waals surface area contributed by atoms with Gasteiger partial charge in [-0.25, -0.2) is 9.18 Å². The number of carbonyl (C=O) groups excluding carboxylic acids is 1. The molecule has 4 nitrogen and oxygen atoms in total. The highest BCUT2D eigenvalue weighted by atomic mass is 19.1. The molecule has 1 aromatic carbocycles. The number of hydrogen-bond donors (Lipinski definition) is 2. The van der Waals surface area contributed by atoms with Crippen LogP contribution in [0.3, 0.4) is 0 Å². The van der Waals surface area contributed by atoms with Crippen molar-refractivity contribution in [3.8, 4) is 0 Å². The quantitative estimate of drug-likeness (QED) is 0.869. The molecule has 1 amide bonds. The topological polar surface area (TPSA) is 64.3 Å². The lowest BCUT2D eigenvalue weighted by molar-refractivity contribution is 0.0635. The summed E-state index contributed by atoms with van der Waals surface area (Å²) >= 11 is 0. The molecule has 1 aromatic rings. The zero-order valence-corrected chi connectivity index (χ0v) is 12.8. The highest BCUT2D eigenvalue weighted by Crippen LogP contribution is 2.37. The minimum absolute atomic E-state index is 0.110. The van der Waals surface area contributed by atoms with Crippen LogP contribution in [-0.4, -0.2) is 11.7 Å². The fourth-order valence-corrected chi connectivity index (χ4v) is 2.64. The molecule has 21 heavy (non-hydrogen) atoms. The number of carbonyl (C=O) groups is 1. The number of hydrogen-bond acceptors (Lipinski definition) is 3. The Bertz CT molecular complexity index is 532. The third kappa shape index (κ3) is 3.94. The number of anilines is 1. The first-order valence-electron chi connectivity index (χ1n) is 7.29. The minimum Gasteiger partial charge on any atom is -0.444 e. The maximum atomic E-state index is 13.9. The van der Waals surface area contributed by atoms with E-state index in [-0.39, 0.29) is 5.69 Å². The Labute approximate surface area is 124 Å². The summed E-state index contributed by atoms with van der Waals surface area (Å²) in [5.74, 6) is -0.494. The van der Waals surface area contributed by atoms with Crippen LogP contribution in [0.2, 0.25) is 0 Å². The van der Waals surface area contributed by atoms with Crippen LogP contribution in [0.15, 0.2) is 18.2 Å². The summed E-state index contributed by atoms with van der Waals surface area (Å²) in [4.78, 5) is 11.8. The van der Waals surface area contributed by atoms with Crippen molar-refractivity contribution in [3.05, 3.63) is 29.6 Å². The van der Waals surface area contributed by atoms with Gasteiger partial charge in [0.15, 0.2) is 0 Å². The molecule has 116 valence electrons. The van der Waals surface area contributed by atoms with Gasteiger partial charge in [-0.15, -0.1) is 0 Å². The lowest BCUT2D eigenvalue weighted by Gasteiger charge is -2.25. The summed E-state index contributed by atoms with van der Waals surface area (Å²) in [6, 6.07) is 4.65. The van der Waals surface area contributed by atoms with Crippen LogP contribution in [0.1, 0.15) is 52.0 Å². The van der Waals surface area contributed by atoms with E-state index in [1.165, 1.54) is 6.07 Å². The third-order valence-electron chi connectivity index (χ3n) is 3.67. The van der Waals surface area contributed by atoms with E-state index in [0.717, 1.165) is 31.2 Å². The largest absolute Gasteiger partial charge is 0.444 e. The first-order valence-corrected chi connectivity index (χ1v) is 7.29. The number of amides is 1. The average molecular weight is 294 g/mol. The molecule has 5 heteroatoms. The van der Waals surface area contributed by atoms with Crippen molar-refractivity contribution in [3.63, 3.8) is 0 Å². The lowest BCUT2D eigenvalue weighted by Crippen LogP contribution is -2.33. The molecule has 0 aromatic heterocycles. The molecule has 2 rings (SSSR count). The fraction of sp³-hybridized carbons (Fsp3) is 0.562. The van der Waals surface area contributed by atoms with Crippen molar-refractivity contribution in [2.24, 2.45) is 5.73 Å². The first-order chi connectivity index (χ1) is 9.70. The molecule has 0 radical (unpaired) electrons. The average Bonchev–Trinajstić information content (AvgIpc) is 2.77. The number of rotatable bonds is 2. The van der Waals surface area contributed by atoms with Crippen LogP contribution in [-0.2, 0) is 10.3 Å². The van der Waals surface area contributed by atoms with Crippen LogP contribution in [0.4, 0.5) is 14.9 Å². The molecule has 1 saturated carbocycles. The highest BCUT2D eigenvalue weighted by Gasteiger charge is 2.31. The van der Waals surface area contributed by atoms with E-state index in [0.29, 0.717) is 0 Å². The van der Waals surface area contributed by atoms with Gasteiger partial charge in [0.1, 0.15) is 11.4 Å². The van der Waals surface area contributed by atoms with Gasteiger partial charge in [-0.2, -0.15) is 0 Å². The Morgan fingerprint density at radius 3 is 2.52 bits per heavy atom. The molecule has 0 spiro atoms. The van der Waals surface area contributed by atoms with Gasteiger partial charge in [0.25, 0.3) is 0 Å². The molecule has 0 atom stereocenters. The molecule has 0 unspecified atom stereocenters. The van der Waals surface area contributed by atoms with Gasteiger partial charge in [0.05, 0.1) is 5.69 Å². The summed E-state index contributed by atoms with van der Waals surface area (Å²) in [5.41, 5.74) is 6.28. The van der Waals surface area contributed by atoms with Crippen LogP contribution >= 0.6 is 0 Å². The van der Waals surface area contributed by atoms with Crippen LogP contribution in [0.5, 0.6) is 0 Å². The van der Waals surface area contributed by atoms with Gasteiger partial charge in [-0.1, -0.05) is 18.9 Å². The molecule has 0 saturated heterocycles. The second kappa shape index (κ2) is 5.64. The van der Waals surface area contributed by atoms with Gasteiger partial charge in [0, 0.05) is 5.54 Å². The third-order valence-corrected chi connectivity index (χ3v) is 3.67. The zero-order chi connectivity index (χ0) is 15.7. The van der Waals surface area contributed by atoms with Gasteiger partial charge < -0.3 is 10.5 Å². The van der Waals surface area contributed by atoms with Crippen molar-refractivity contribution in [1.82, 2.24) is 0 Å². The van der Waals surface area contributed by atoms with E-state index in [9.17, 15) is 9.18 Å². The fourth-order valence-electron chi connectivity index (χ4n) is 2.64. The normalized spacial score (nSPS) is 17.6. The zero-order valence-electron chi connectivity index (χ0n) is 12.8. The molecule has 1 fully saturated rings.